The van der Waals surface area contributed by atoms with Crippen LogP contribution in [0, 0.1) is 0 Å². The van der Waals surface area contributed by atoms with E-state index in [2.05, 4.69) is 0 Å². The fourth-order valence-corrected chi connectivity index (χ4v) is 0. The molecule has 0 heterocycles. The van der Waals surface area contributed by atoms with Gasteiger partial charge in [-0.1, -0.05) is 27.2 Å². The van der Waals surface area contributed by atoms with Gasteiger partial charge in [-0.2, -0.15) is 0 Å². The molecule has 0 aromatic rings. The van der Waals surface area contributed by atoms with E-state index < -0.39 is 5.60 Å². The van der Waals surface area contributed by atoms with Gasteiger partial charge in [-0.15, -0.1) is 5.60 Å². The normalized spacial score (nSPS) is 10.3. The van der Waals surface area contributed by atoms with E-state index in [4.69, 9.17) is 0 Å². The van der Waals surface area contributed by atoms with Crippen LogP contribution in [0.4, 0.5) is 0 Å². The van der Waals surface area contributed by atoms with Gasteiger partial charge >= 0.3 is 68.9 Å². The molecule has 0 unspecified atom stereocenters. The molecule has 0 N–H and O–H groups in total. The summed E-state index contributed by atoms with van der Waals surface area (Å²) in [6.45, 7) is 5.27. The van der Waals surface area contributed by atoms with E-state index in [1.54, 1.807) is 13.8 Å². The van der Waals surface area contributed by atoms with Gasteiger partial charge < -0.3 is 5.11 Å². The Bertz CT molecular complexity index is 37.8. The maximum absolute atomic E-state index is 10.5. The summed E-state index contributed by atoms with van der Waals surface area (Å²) in [6, 6.07) is 0. The van der Waals surface area contributed by atoms with Crippen molar-refractivity contribution >= 4 is 0 Å². The van der Waals surface area contributed by atoms with Crippen LogP contribution in [0.2, 0.25) is 0 Å². The van der Waals surface area contributed by atoms with Crippen molar-refractivity contribution in [1.29, 1.82) is 0 Å². The van der Waals surface area contributed by atoms with E-state index in [0.29, 0.717) is 6.42 Å². The maximum Gasteiger partial charge on any atom is 1.00 e. The molecule has 0 radical (unpaired) electrons. The Kier molecular flexibility index (Phi) is 8.15. The van der Waals surface area contributed by atoms with E-state index in [1.807, 2.05) is 6.92 Å². The molecule has 0 bridgehead atoms. The average molecular weight is 220 g/mol. The minimum Gasteiger partial charge on any atom is -0.850 e. The van der Waals surface area contributed by atoms with Crippen LogP contribution in [0.25, 0.3) is 0 Å². The fourth-order valence-electron chi connectivity index (χ4n) is 0. The van der Waals surface area contributed by atoms with Gasteiger partial charge in [-0.05, 0) is 0 Å². The summed E-state index contributed by atoms with van der Waals surface area (Å²) in [5.41, 5.74) is -0.708. The van der Waals surface area contributed by atoms with Crippen LogP contribution in [0.3, 0.4) is 0 Å². The Labute approximate surface area is 104 Å². The molecule has 0 aliphatic heterocycles. The number of rotatable bonds is 1. The number of hydrogen-bond donors (Lipinski definition) is 0. The average Bonchev–Trinajstić information content (AvgIpc) is 1.35. The molecule has 0 saturated carbocycles. The van der Waals surface area contributed by atoms with Crippen molar-refractivity contribution in [1.82, 2.24) is 0 Å². The molecular formula is C5H11CsO. The predicted octanol–water partition coefficient (Wildman–Crippen LogP) is -2.46. The Morgan fingerprint density at radius 1 is 1.43 bits per heavy atom. The first-order valence-corrected chi connectivity index (χ1v) is 2.26. The fraction of sp³-hybridized carbons (Fsp3) is 1.00. The van der Waals surface area contributed by atoms with E-state index >= 15 is 0 Å². The molecule has 38 valence electrons. The van der Waals surface area contributed by atoms with Gasteiger partial charge in [0.1, 0.15) is 0 Å². The second-order valence-corrected chi connectivity index (χ2v) is 2.11. The van der Waals surface area contributed by atoms with Crippen molar-refractivity contribution in [2.45, 2.75) is 32.8 Å². The van der Waals surface area contributed by atoms with Crippen molar-refractivity contribution in [3.63, 3.8) is 0 Å². The quantitative estimate of drug-likeness (QED) is 0.480. The van der Waals surface area contributed by atoms with Gasteiger partial charge in [-0.25, -0.2) is 0 Å². The molecule has 0 aromatic carbocycles. The van der Waals surface area contributed by atoms with E-state index in [-0.39, 0.29) is 68.9 Å². The third-order valence-corrected chi connectivity index (χ3v) is 0.851. The molecule has 0 amide bonds. The van der Waals surface area contributed by atoms with E-state index in [9.17, 15) is 5.11 Å². The maximum atomic E-state index is 10.5. The predicted molar refractivity (Wildman–Crippen MR) is 24.4 cm³/mol. The van der Waals surface area contributed by atoms with Gasteiger partial charge in [0.25, 0.3) is 0 Å². The molecule has 0 aliphatic rings. The summed E-state index contributed by atoms with van der Waals surface area (Å²) in [5, 5.41) is 10.5. The monoisotopic (exact) mass is 220 g/mol. The SMILES string of the molecule is CCC(C)(C)[O-].[Cs+]. The summed E-state index contributed by atoms with van der Waals surface area (Å²) in [7, 11) is 0. The first kappa shape index (κ1) is 11.8. The van der Waals surface area contributed by atoms with Crippen LogP contribution in [-0.2, 0) is 0 Å². The summed E-state index contributed by atoms with van der Waals surface area (Å²) >= 11 is 0. The van der Waals surface area contributed by atoms with Gasteiger partial charge in [0.2, 0.25) is 0 Å². The summed E-state index contributed by atoms with van der Waals surface area (Å²) in [5.74, 6) is 0. The van der Waals surface area contributed by atoms with Crippen LogP contribution >= 0.6 is 0 Å². The van der Waals surface area contributed by atoms with Crippen molar-refractivity contribution in [2.24, 2.45) is 0 Å². The molecule has 0 aromatic heterocycles. The van der Waals surface area contributed by atoms with Gasteiger partial charge in [0.05, 0.1) is 0 Å². The molecule has 0 rings (SSSR count). The third-order valence-electron chi connectivity index (χ3n) is 0.851. The first-order chi connectivity index (χ1) is 2.56. The zero-order valence-electron chi connectivity index (χ0n) is 5.62. The van der Waals surface area contributed by atoms with Crippen LogP contribution in [0.15, 0.2) is 0 Å². The smallest absolute Gasteiger partial charge is 0.850 e. The molecule has 7 heavy (non-hydrogen) atoms. The van der Waals surface area contributed by atoms with Crippen molar-refractivity contribution in [3.05, 3.63) is 0 Å². The minimum atomic E-state index is -0.708. The third kappa shape index (κ3) is 11.5. The van der Waals surface area contributed by atoms with Crippen LogP contribution < -0.4 is 74.0 Å². The second-order valence-electron chi connectivity index (χ2n) is 2.11. The van der Waals surface area contributed by atoms with Crippen LogP contribution in [-0.4, -0.2) is 5.60 Å². The molecule has 0 fully saturated rings. The molecule has 1 nitrogen and oxygen atoms in total. The Hall–Kier alpha value is 2.01. The Morgan fingerprint density at radius 3 is 1.57 bits per heavy atom. The van der Waals surface area contributed by atoms with Crippen molar-refractivity contribution in [3.8, 4) is 0 Å². The molecule has 0 atom stereocenters. The van der Waals surface area contributed by atoms with Crippen molar-refractivity contribution < 1.29 is 74.0 Å². The number of hydrogen-bond acceptors (Lipinski definition) is 1. The standard InChI is InChI=1S/C5H11O.Cs/c1-4-5(2,3)6;/h4H2,1-3H3;/q-1;+1. The molecule has 2 heteroatoms. The largest absolute Gasteiger partial charge is 1.00 e. The van der Waals surface area contributed by atoms with Crippen LogP contribution in [0.5, 0.6) is 0 Å². The van der Waals surface area contributed by atoms with Crippen LogP contribution in [0.1, 0.15) is 27.2 Å². The Morgan fingerprint density at radius 2 is 1.57 bits per heavy atom. The topological polar surface area (TPSA) is 23.1 Å². The first-order valence-electron chi connectivity index (χ1n) is 2.26. The van der Waals surface area contributed by atoms with E-state index in [0.717, 1.165) is 0 Å². The molecule has 0 spiro atoms. The van der Waals surface area contributed by atoms with Gasteiger partial charge in [0, 0.05) is 0 Å². The summed E-state index contributed by atoms with van der Waals surface area (Å²) in [4.78, 5) is 0. The minimum absolute atomic E-state index is 0. The molecular weight excluding hydrogens is 209 g/mol. The molecule has 0 aliphatic carbocycles. The Balaban J connectivity index is 0. The zero-order valence-corrected chi connectivity index (χ0v) is 11.9. The van der Waals surface area contributed by atoms with Gasteiger partial charge in [0.15, 0.2) is 0 Å². The van der Waals surface area contributed by atoms with Gasteiger partial charge in [-0.3, -0.25) is 0 Å². The molecule has 0 saturated heterocycles. The van der Waals surface area contributed by atoms with Crippen molar-refractivity contribution in [2.75, 3.05) is 0 Å². The zero-order chi connectivity index (χ0) is 5.21. The van der Waals surface area contributed by atoms with E-state index in [1.165, 1.54) is 0 Å². The summed E-state index contributed by atoms with van der Waals surface area (Å²) in [6.07, 6.45) is 0.715. The second kappa shape index (κ2) is 4.85. The summed E-state index contributed by atoms with van der Waals surface area (Å²) < 4.78 is 0.